The number of hydrogen-bond acceptors (Lipinski definition) is 2. The lowest BCUT2D eigenvalue weighted by atomic mass is 9.82. The summed E-state index contributed by atoms with van der Waals surface area (Å²) in [7, 11) is 2.23. The smallest absolute Gasteiger partial charge is 0.0354 e. The van der Waals surface area contributed by atoms with Crippen LogP contribution in [0.15, 0.2) is 0 Å². The average molecular weight is 198 g/mol. The molecular weight excluding hydrogens is 172 g/mol. The molecule has 0 bridgehead atoms. The van der Waals surface area contributed by atoms with Crippen LogP contribution in [-0.4, -0.2) is 30.6 Å². The summed E-state index contributed by atoms with van der Waals surface area (Å²) < 4.78 is 0. The summed E-state index contributed by atoms with van der Waals surface area (Å²) in [4.78, 5) is 2.48. The molecule has 1 saturated carbocycles. The predicted octanol–water partition coefficient (Wildman–Crippen LogP) is 2.24. The molecular formula is C12H26N2. The van der Waals surface area contributed by atoms with Gasteiger partial charge in [0.15, 0.2) is 0 Å². The molecule has 1 fully saturated rings. The topological polar surface area (TPSA) is 29.3 Å². The Morgan fingerprint density at radius 2 is 2.00 bits per heavy atom. The van der Waals surface area contributed by atoms with Crippen LogP contribution in [0.5, 0.6) is 0 Å². The SMILES string of the molecule is CCCCN(C)C(C)(CN)C1(C)CC1. The van der Waals surface area contributed by atoms with Crippen LogP contribution in [0.4, 0.5) is 0 Å². The Hall–Kier alpha value is -0.0800. The molecule has 2 heteroatoms. The fourth-order valence-electron chi connectivity index (χ4n) is 2.23. The summed E-state index contributed by atoms with van der Waals surface area (Å²) in [5.74, 6) is 0. The standard InChI is InChI=1S/C12H26N2/c1-5-6-9-14(4)12(3,10-13)11(2)7-8-11/h5-10,13H2,1-4H3. The quantitative estimate of drug-likeness (QED) is 0.709. The average Bonchev–Trinajstić information content (AvgIpc) is 2.92. The highest BCUT2D eigenvalue weighted by atomic mass is 15.2. The van der Waals surface area contributed by atoms with E-state index in [1.807, 2.05) is 0 Å². The van der Waals surface area contributed by atoms with Crippen molar-refractivity contribution in [2.75, 3.05) is 20.1 Å². The summed E-state index contributed by atoms with van der Waals surface area (Å²) in [6.07, 6.45) is 5.23. The van der Waals surface area contributed by atoms with Crippen LogP contribution in [0.25, 0.3) is 0 Å². The van der Waals surface area contributed by atoms with Crippen molar-refractivity contribution >= 4 is 0 Å². The molecule has 2 nitrogen and oxygen atoms in total. The highest BCUT2D eigenvalue weighted by molar-refractivity contribution is 5.08. The molecule has 0 aromatic heterocycles. The van der Waals surface area contributed by atoms with Gasteiger partial charge in [-0.25, -0.2) is 0 Å². The van der Waals surface area contributed by atoms with Crippen LogP contribution in [0.1, 0.15) is 46.5 Å². The van der Waals surface area contributed by atoms with Gasteiger partial charge in [0.2, 0.25) is 0 Å². The molecule has 0 saturated heterocycles. The van der Waals surface area contributed by atoms with E-state index in [1.165, 1.54) is 32.2 Å². The summed E-state index contributed by atoms with van der Waals surface area (Å²) in [5, 5.41) is 0. The van der Waals surface area contributed by atoms with Crippen molar-refractivity contribution in [3.05, 3.63) is 0 Å². The van der Waals surface area contributed by atoms with Crippen molar-refractivity contribution < 1.29 is 0 Å². The van der Waals surface area contributed by atoms with Gasteiger partial charge in [0.25, 0.3) is 0 Å². The third-order valence-corrected chi connectivity index (χ3v) is 4.39. The molecule has 1 aliphatic rings. The maximum Gasteiger partial charge on any atom is 0.0354 e. The van der Waals surface area contributed by atoms with E-state index in [0.29, 0.717) is 5.41 Å². The van der Waals surface area contributed by atoms with E-state index in [9.17, 15) is 0 Å². The third-order valence-electron chi connectivity index (χ3n) is 4.39. The van der Waals surface area contributed by atoms with Gasteiger partial charge in [0, 0.05) is 12.1 Å². The van der Waals surface area contributed by atoms with Crippen LogP contribution in [0.3, 0.4) is 0 Å². The molecule has 84 valence electrons. The van der Waals surface area contributed by atoms with E-state index in [2.05, 4.69) is 32.7 Å². The van der Waals surface area contributed by atoms with Gasteiger partial charge in [-0.3, -0.25) is 4.90 Å². The first kappa shape index (κ1) is 12.0. The predicted molar refractivity (Wildman–Crippen MR) is 62.3 cm³/mol. The molecule has 1 aliphatic carbocycles. The van der Waals surface area contributed by atoms with Crippen molar-refractivity contribution in [3.63, 3.8) is 0 Å². The van der Waals surface area contributed by atoms with Crippen molar-refractivity contribution in [2.24, 2.45) is 11.1 Å². The maximum atomic E-state index is 5.96. The number of likely N-dealkylation sites (N-methyl/N-ethyl adjacent to an activating group) is 1. The van der Waals surface area contributed by atoms with Crippen molar-refractivity contribution in [2.45, 2.75) is 52.0 Å². The van der Waals surface area contributed by atoms with E-state index >= 15 is 0 Å². The molecule has 0 aromatic carbocycles. The number of nitrogens with two attached hydrogens (primary N) is 1. The Kier molecular flexibility index (Phi) is 3.59. The molecule has 0 aliphatic heterocycles. The molecule has 1 atom stereocenters. The van der Waals surface area contributed by atoms with Gasteiger partial charge in [-0.1, -0.05) is 20.3 Å². The molecule has 0 radical (unpaired) electrons. The van der Waals surface area contributed by atoms with E-state index in [-0.39, 0.29) is 5.54 Å². The number of unbranched alkanes of at least 4 members (excludes halogenated alkanes) is 1. The Morgan fingerprint density at radius 1 is 1.43 bits per heavy atom. The number of rotatable bonds is 6. The van der Waals surface area contributed by atoms with Gasteiger partial charge >= 0.3 is 0 Å². The van der Waals surface area contributed by atoms with Crippen LogP contribution in [0.2, 0.25) is 0 Å². The highest BCUT2D eigenvalue weighted by Gasteiger charge is 2.53. The van der Waals surface area contributed by atoms with Crippen LogP contribution in [0, 0.1) is 5.41 Å². The lowest BCUT2D eigenvalue weighted by molar-refractivity contribution is 0.0716. The number of hydrogen-bond donors (Lipinski definition) is 1. The van der Waals surface area contributed by atoms with Crippen LogP contribution >= 0.6 is 0 Å². The van der Waals surface area contributed by atoms with Gasteiger partial charge in [-0.2, -0.15) is 0 Å². The first-order valence-electron chi connectivity index (χ1n) is 5.91. The van der Waals surface area contributed by atoms with E-state index in [0.717, 1.165) is 6.54 Å². The lowest BCUT2D eigenvalue weighted by Crippen LogP contribution is -2.55. The summed E-state index contributed by atoms with van der Waals surface area (Å²) in [6.45, 7) is 8.91. The Labute approximate surface area is 88.8 Å². The zero-order chi connectivity index (χ0) is 10.8. The van der Waals surface area contributed by atoms with Crippen LogP contribution < -0.4 is 5.73 Å². The van der Waals surface area contributed by atoms with Gasteiger partial charge in [-0.05, 0) is 45.2 Å². The molecule has 0 amide bonds. The first-order chi connectivity index (χ1) is 6.50. The molecule has 14 heavy (non-hydrogen) atoms. The van der Waals surface area contributed by atoms with Crippen molar-refractivity contribution in [3.8, 4) is 0 Å². The molecule has 2 N–H and O–H groups in total. The summed E-state index contributed by atoms with van der Waals surface area (Å²) >= 11 is 0. The van der Waals surface area contributed by atoms with E-state index in [1.54, 1.807) is 0 Å². The fraction of sp³-hybridized carbons (Fsp3) is 1.00. The highest BCUT2D eigenvalue weighted by Crippen LogP contribution is 2.55. The fourth-order valence-corrected chi connectivity index (χ4v) is 2.23. The maximum absolute atomic E-state index is 5.96. The van der Waals surface area contributed by atoms with Gasteiger partial charge in [-0.15, -0.1) is 0 Å². The second-order valence-corrected chi connectivity index (χ2v) is 5.31. The van der Waals surface area contributed by atoms with Gasteiger partial charge in [0.1, 0.15) is 0 Å². The minimum Gasteiger partial charge on any atom is -0.329 e. The largest absolute Gasteiger partial charge is 0.329 e. The minimum absolute atomic E-state index is 0.210. The van der Waals surface area contributed by atoms with Crippen molar-refractivity contribution in [1.82, 2.24) is 4.90 Å². The Morgan fingerprint density at radius 3 is 2.36 bits per heavy atom. The molecule has 0 aromatic rings. The normalized spacial score (nSPS) is 23.6. The first-order valence-corrected chi connectivity index (χ1v) is 5.91. The Bertz CT molecular complexity index is 187. The minimum atomic E-state index is 0.210. The summed E-state index contributed by atoms with van der Waals surface area (Å²) in [5.41, 5.74) is 6.65. The molecule has 0 spiro atoms. The second-order valence-electron chi connectivity index (χ2n) is 5.31. The second kappa shape index (κ2) is 4.19. The van der Waals surface area contributed by atoms with Gasteiger partial charge < -0.3 is 5.73 Å². The number of nitrogens with zero attached hydrogens (tertiary/aromatic N) is 1. The van der Waals surface area contributed by atoms with Gasteiger partial charge in [0.05, 0.1) is 0 Å². The van der Waals surface area contributed by atoms with E-state index in [4.69, 9.17) is 5.73 Å². The van der Waals surface area contributed by atoms with Crippen molar-refractivity contribution in [1.29, 1.82) is 0 Å². The molecule has 1 rings (SSSR count). The van der Waals surface area contributed by atoms with Crippen LogP contribution in [-0.2, 0) is 0 Å². The Balaban J connectivity index is 2.59. The zero-order valence-electron chi connectivity index (χ0n) is 10.3. The third kappa shape index (κ3) is 1.96. The zero-order valence-corrected chi connectivity index (χ0v) is 10.3. The summed E-state index contributed by atoms with van der Waals surface area (Å²) in [6, 6.07) is 0. The monoisotopic (exact) mass is 198 g/mol. The lowest BCUT2D eigenvalue weighted by Gasteiger charge is -2.43. The van der Waals surface area contributed by atoms with E-state index < -0.39 is 0 Å². The molecule has 1 unspecified atom stereocenters. The molecule has 0 heterocycles.